The second-order valence-electron chi connectivity index (χ2n) is 7.53. The number of pyridine rings is 1. The van der Waals surface area contributed by atoms with Crippen LogP contribution in [-0.4, -0.2) is 18.2 Å². The number of aryl methyl sites for hydroxylation is 2. The summed E-state index contributed by atoms with van der Waals surface area (Å²) in [6.07, 6.45) is 7.90. The van der Waals surface area contributed by atoms with E-state index in [1.165, 1.54) is 16.5 Å². The highest BCUT2D eigenvalue weighted by molar-refractivity contribution is 5.94. The summed E-state index contributed by atoms with van der Waals surface area (Å²) in [5.74, 6) is 0.227. The molecular formula is C24H33N2O2+. The fourth-order valence-corrected chi connectivity index (χ4v) is 3.31. The highest BCUT2D eigenvalue weighted by atomic mass is 16.1. The third kappa shape index (κ3) is 6.91. The molecule has 1 aromatic heterocycles. The lowest BCUT2D eigenvalue weighted by molar-refractivity contribution is -0.671. The number of para-hydroxylation sites is 1. The van der Waals surface area contributed by atoms with Crippen LogP contribution in [0.5, 0.6) is 0 Å². The second kappa shape index (κ2) is 11.4. The zero-order valence-electron chi connectivity index (χ0n) is 17.3. The Morgan fingerprint density at radius 2 is 1.75 bits per heavy atom. The molecule has 0 aliphatic rings. The van der Waals surface area contributed by atoms with E-state index in [0.29, 0.717) is 25.0 Å². The van der Waals surface area contributed by atoms with Gasteiger partial charge in [-0.1, -0.05) is 18.7 Å². The van der Waals surface area contributed by atoms with Gasteiger partial charge in [-0.2, -0.15) is 4.57 Å². The van der Waals surface area contributed by atoms with Crippen molar-refractivity contribution >= 4 is 22.6 Å². The van der Waals surface area contributed by atoms with Crippen molar-refractivity contribution in [2.45, 2.75) is 65.3 Å². The van der Waals surface area contributed by atoms with E-state index in [2.05, 4.69) is 59.9 Å². The second-order valence-corrected chi connectivity index (χ2v) is 7.53. The smallest absolute Gasteiger partial charge is 0.219 e. The lowest BCUT2D eigenvalue weighted by Gasteiger charge is -2.06. The summed E-state index contributed by atoms with van der Waals surface area (Å²) >= 11 is 0. The minimum atomic E-state index is 0.111. The van der Waals surface area contributed by atoms with E-state index < -0.39 is 0 Å². The number of benzene rings is 1. The first-order chi connectivity index (χ1) is 13.5. The van der Waals surface area contributed by atoms with Crippen LogP contribution in [0.3, 0.4) is 0 Å². The topological polar surface area (TPSA) is 50.1 Å². The molecule has 0 radical (unpaired) electrons. The van der Waals surface area contributed by atoms with E-state index in [0.717, 1.165) is 38.6 Å². The van der Waals surface area contributed by atoms with Crippen LogP contribution in [-0.2, 0) is 16.1 Å². The SMILES string of the molecule is C=C(C)C(=O)CCCCNC(=O)CCCCC[n+]1ccc(C)c2ccccc21. The van der Waals surface area contributed by atoms with Crippen molar-refractivity contribution in [1.82, 2.24) is 5.32 Å². The molecule has 4 heteroatoms. The van der Waals surface area contributed by atoms with Gasteiger partial charge in [0.15, 0.2) is 12.0 Å². The van der Waals surface area contributed by atoms with Gasteiger partial charge in [0, 0.05) is 43.3 Å². The van der Waals surface area contributed by atoms with E-state index in [-0.39, 0.29) is 11.7 Å². The molecular weight excluding hydrogens is 348 g/mol. The van der Waals surface area contributed by atoms with Crippen LogP contribution in [0.1, 0.15) is 57.4 Å². The van der Waals surface area contributed by atoms with Crippen molar-refractivity contribution in [2.75, 3.05) is 6.54 Å². The molecule has 0 saturated carbocycles. The quantitative estimate of drug-likeness (QED) is 0.336. The number of Topliss-reactive ketones (excluding diaryl/α,β-unsaturated/α-hetero) is 1. The average molecular weight is 382 g/mol. The van der Waals surface area contributed by atoms with Crippen LogP contribution >= 0.6 is 0 Å². The third-order valence-corrected chi connectivity index (χ3v) is 5.07. The van der Waals surface area contributed by atoms with Gasteiger partial charge in [0.1, 0.15) is 6.54 Å². The van der Waals surface area contributed by atoms with Crippen molar-refractivity contribution in [1.29, 1.82) is 0 Å². The molecule has 2 aromatic rings. The largest absolute Gasteiger partial charge is 0.356 e. The molecule has 150 valence electrons. The summed E-state index contributed by atoms with van der Waals surface area (Å²) < 4.78 is 2.30. The highest BCUT2D eigenvalue weighted by Crippen LogP contribution is 2.14. The van der Waals surface area contributed by atoms with Crippen LogP contribution in [0.2, 0.25) is 0 Å². The van der Waals surface area contributed by atoms with Gasteiger partial charge in [-0.15, -0.1) is 0 Å². The van der Waals surface area contributed by atoms with Gasteiger partial charge in [0.05, 0.1) is 0 Å². The Balaban J connectivity index is 1.59. The van der Waals surface area contributed by atoms with Crippen LogP contribution in [0.4, 0.5) is 0 Å². The molecule has 0 fully saturated rings. The van der Waals surface area contributed by atoms with Crippen molar-refractivity contribution < 1.29 is 14.2 Å². The Kier molecular flexibility index (Phi) is 8.86. The summed E-state index contributed by atoms with van der Waals surface area (Å²) in [5, 5.41) is 4.25. The number of nitrogens with one attached hydrogen (secondary N) is 1. The molecule has 1 amide bonds. The number of allylic oxidation sites excluding steroid dienone is 1. The standard InChI is InChI=1S/C24H32N2O2/c1-19(2)23(27)13-8-9-16-25-24(28)14-5-4-10-17-26-18-15-20(3)21-11-6-7-12-22(21)26/h6-7,11-12,15,18H,1,4-5,8-10,13-14,16-17H2,2-3H3/p+1. The molecule has 4 nitrogen and oxygen atoms in total. The first kappa shape index (κ1) is 21.8. The first-order valence-corrected chi connectivity index (χ1v) is 10.3. The predicted octanol–water partition coefficient (Wildman–Crippen LogP) is 4.43. The van der Waals surface area contributed by atoms with E-state index in [1.807, 2.05) is 0 Å². The maximum absolute atomic E-state index is 11.9. The number of carbonyl (C=O) groups is 2. The van der Waals surface area contributed by atoms with E-state index in [1.54, 1.807) is 6.92 Å². The van der Waals surface area contributed by atoms with Crippen molar-refractivity contribution in [3.63, 3.8) is 0 Å². The number of hydrogen-bond acceptors (Lipinski definition) is 2. The van der Waals surface area contributed by atoms with Crippen LogP contribution in [0.15, 0.2) is 48.7 Å². The summed E-state index contributed by atoms with van der Waals surface area (Å²) in [6.45, 7) is 9.15. The minimum absolute atomic E-state index is 0.111. The van der Waals surface area contributed by atoms with Crippen molar-refractivity contribution in [3.05, 3.63) is 54.2 Å². The molecule has 0 aliphatic heterocycles. The number of unbranched alkanes of at least 4 members (excludes halogenated alkanes) is 3. The molecule has 0 bridgehead atoms. The zero-order valence-corrected chi connectivity index (χ0v) is 17.3. The summed E-state index contributed by atoms with van der Waals surface area (Å²) in [6, 6.07) is 10.7. The van der Waals surface area contributed by atoms with Crippen LogP contribution in [0.25, 0.3) is 10.9 Å². The van der Waals surface area contributed by atoms with Gasteiger partial charge >= 0.3 is 0 Å². The minimum Gasteiger partial charge on any atom is -0.356 e. The molecule has 1 N–H and O–H groups in total. The Bertz CT molecular complexity index is 826. The average Bonchev–Trinajstić information content (AvgIpc) is 2.69. The molecule has 1 aromatic carbocycles. The Hall–Kier alpha value is -2.49. The number of rotatable bonds is 12. The van der Waals surface area contributed by atoms with E-state index in [4.69, 9.17) is 0 Å². The number of ketones is 1. The molecule has 0 saturated heterocycles. The number of aromatic nitrogens is 1. The van der Waals surface area contributed by atoms with Gasteiger partial charge in [-0.05, 0) is 56.7 Å². The fourth-order valence-electron chi connectivity index (χ4n) is 3.31. The maximum Gasteiger partial charge on any atom is 0.219 e. The van der Waals surface area contributed by atoms with Crippen LogP contribution in [0, 0.1) is 6.92 Å². The zero-order chi connectivity index (χ0) is 20.4. The lowest BCUT2D eigenvalue weighted by Crippen LogP contribution is -2.34. The summed E-state index contributed by atoms with van der Waals surface area (Å²) in [5.41, 5.74) is 3.18. The summed E-state index contributed by atoms with van der Waals surface area (Å²) in [4.78, 5) is 23.3. The van der Waals surface area contributed by atoms with Crippen molar-refractivity contribution in [3.8, 4) is 0 Å². The number of carbonyl (C=O) groups excluding carboxylic acids is 2. The van der Waals surface area contributed by atoms with Gasteiger partial charge in [0.2, 0.25) is 11.4 Å². The Morgan fingerprint density at radius 3 is 2.54 bits per heavy atom. The molecule has 2 rings (SSSR count). The molecule has 28 heavy (non-hydrogen) atoms. The van der Waals surface area contributed by atoms with Crippen molar-refractivity contribution in [2.24, 2.45) is 0 Å². The van der Waals surface area contributed by atoms with Gasteiger partial charge < -0.3 is 5.32 Å². The monoisotopic (exact) mass is 381 g/mol. The Labute approximate surface area is 168 Å². The third-order valence-electron chi connectivity index (χ3n) is 5.07. The van der Waals surface area contributed by atoms with Gasteiger partial charge in [-0.3, -0.25) is 9.59 Å². The van der Waals surface area contributed by atoms with E-state index in [9.17, 15) is 9.59 Å². The van der Waals surface area contributed by atoms with Gasteiger partial charge in [0.25, 0.3) is 0 Å². The van der Waals surface area contributed by atoms with E-state index >= 15 is 0 Å². The highest BCUT2D eigenvalue weighted by Gasteiger charge is 2.10. The summed E-state index contributed by atoms with van der Waals surface area (Å²) in [7, 11) is 0. The number of nitrogens with zero attached hydrogens (tertiary/aromatic N) is 1. The normalized spacial score (nSPS) is 10.8. The number of amides is 1. The number of hydrogen-bond donors (Lipinski definition) is 1. The predicted molar refractivity (Wildman–Crippen MR) is 114 cm³/mol. The fraction of sp³-hybridized carbons (Fsp3) is 0.458. The molecule has 0 aliphatic carbocycles. The molecule has 0 unspecified atom stereocenters. The lowest BCUT2D eigenvalue weighted by atomic mass is 10.1. The molecule has 0 atom stereocenters. The number of fused-ring (bicyclic) bond motifs is 1. The first-order valence-electron chi connectivity index (χ1n) is 10.3. The maximum atomic E-state index is 11.9. The molecule has 0 spiro atoms. The van der Waals surface area contributed by atoms with Crippen LogP contribution < -0.4 is 9.88 Å². The van der Waals surface area contributed by atoms with Gasteiger partial charge in [-0.25, -0.2) is 0 Å². The Morgan fingerprint density at radius 1 is 1.00 bits per heavy atom. The molecule has 1 heterocycles.